The Morgan fingerprint density at radius 2 is 2.31 bits per heavy atom. The van der Waals surface area contributed by atoms with Crippen LogP contribution in [0.15, 0.2) is 18.2 Å². The summed E-state index contributed by atoms with van der Waals surface area (Å²) in [5.74, 6) is 0.237. The van der Waals surface area contributed by atoms with Crippen LogP contribution in [0.25, 0.3) is 0 Å². The van der Waals surface area contributed by atoms with E-state index in [1.165, 1.54) is 6.07 Å². The van der Waals surface area contributed by atoms with Crippen molar-refractivity contribution < 1.29 is 9.50 Å². The second-order valence-corrected chi connectivity index (χ2v) is 4.98. The van der Waals surface area contributed by atoms with E-state index >= 15 is 0 Å². The molecule has 0 aliphatic rings. The summed E-state index contributed by atoms with van der Waals surface area (Å²) in [6.45, 7) is 2.16. The molecule has 0 amide bonds. The quantitative estimate of drug-likeness (QED) is 0.859. The number of rotatable bonds is 5. The van der Waals surface area contributed by atoms with Crippen LogP contribution in [0.1, 0.15) is 24.5 Å². The Labute approximate surface area is 99.1 Å². The SMILES string of the molecule is CC(CCO)SCc1ccc(C#N)cc1F. The Kier molecular flexibility index (Phi) is 5.30. The molecule has 0 aliphatic heterocycles. The summed E-state index contributed by atoms with van der Waals surface area (Å²) in [5.41, 5.74) is 0.948. The van der Waals surface area contributed by atoms with Crippen LogP contribution in [0.3, 0.4) is 0 Å². The number of halogens is 1. The van der Waals surface area contributed by atoms with Crippen LogP contribution in [0.2, 0.25) is 0 Å². The van der Waals surface area contributed by atoms with E-state index in [-0.39, 0.29) is 12.4 Å². The van der Waals surface area contributed by atoms with Gasteiger partial charge in [-0.15, -0.1) is 0 Å². The summed E-state index contributed by atoms with van der Waals surface area (Å²) in [5, 5.41) is 17.6. The Morgan fingerprint density at radius 3 is 2.88 bits per heavy atom. The Hall–Kier alpha value is -1.05. The minimum absolute atomic E-state index is 0.157. The third kappa shape index (κ3) is 3.84. The van der Waals surface area contributed by atoms with Crippen molar-refractivity contribution in [1.29, 1.82) is 5.26 Å². The van der Waals surface area contributed by atoms with E-state index in [1.807, 2.05) is 13.0 Å². The number of benzene rings is 1. The van der Waals surface area contributed by atoms with Gasteiger partial charge in [0.05, 0.1) is 11.6 Å². The summed E-state index contributed by atoms with van der Waals surface area (Å²) in [6, 6.07) is 6.42. The molecule has 0 radical (unpaired) electrons. The standard InChI is InChI=1S/C12H14FNOS/c1-9(4-5-15)16-8-11-3-2-10(7-14)6-12(11)13/h2-3,6,9,15H,4-5,8H2,1H3. The molecule has 0 bridgehead atoms. The van der Waals surface area contributed by atoms with Crippen LogP contribution in [0.4, 0.5) is 4.39 Å². The first-order valence-electron chi connectivity index (χ1n) is 5.08. The maximum absolute atomic E-state index is 13.5. The van der Waals surface area contributed by atoms with Crippen LogP contribution >= 0.6 is 11.8 Å². The van der Waals surface area contributed by atoms with Crippen LogP contribution < -0.4 is 0 Å². The fourth-order valence-corrected chi connectivity index (χ4v) is 2.20. The molecule has 0 heterocycles. The molecule has 0 saturated carbocycles. The van der Waals surface area contributed by atoms with Crippen molar-refractivity contribution in [1.82, 2.24) is 0 Å². The minimum Gasteiger partial charge on any atom is -0.396 e. The Bertz CT molecular complexity index is 389. The van der Waals surface area contributed by atoms with Gasteiger partial charge < -0.3 is 5.11 Å². The molecule has 16 heavy (non-hydrogen) atoms. The number of nitriles is 1. The summed E-state index contributed by atoms with van der Waals surface area (Å²) >= 11 is 1.60. The average molecular weight is 239 g/mol. The zero-order chi connectivity index (χ0) is 12.0. The highest BCUT2D eigenvalue weighted by atomic mass is 32.2. The van der Waals surface area contributed by atoms with E-state index in [0.717, 1.165) is 0 Å². The lowest BCUT2D eigenvalue weighted by Gasteiger charge is -2.09. The van der Waals surface area contributed by atoms with Gasteiger partial charge in [0.1, 0.15) is 5.82 Å². The van der Waals surface area contributed by atoms with Crippen LogP contribution in [0.5, 0.6) is 0 Å². The smallest absolute Gasteiger partial charge is 0.128 e. The molecule has 2 nitrogen and oxygen atoms in total. The van der Waals surface area contributed by atoms with E-state index in [0.29, 0.717) is 28.6 Å². The van der Waals surface area contributed by atoms with E-state index in [9.17, 15) is 4.39 Å². The van der Waals surface area contributed by atoms with E-state index in [4.69, 9.17) is 10.4 Å². The summed E-state index contributed by atoms with van der Waals surface area (Å²) in [4.78, 5) is 0. The molecular formula is C12H14FNOS. The summed E-state index contributed by atoms with van der Waals surface area (Å²) in [6.07, 6.45) is 0.711. The lowest BCUT2D eigenvalue weighted by atomic mass is 10.1. The van der Waals surface area contributed by atoms with Crippen LogP contribution in [-0.2, 0) is 5.75 Å². The van der Waals surface area contributed by atoms with Gasteiger partial charge in [0.2, 0.25) is 0 Å². The molecule has 1 aromatic rings. The highest BCUT2D eigenvalue weighted by molar-refractivity contribution is 7.99. The zero-order valence-corrected chi connectivity index (χ0v) is 9.93. The largest absolute Gasteiger partial charge is 0.396 e. The van der Waals surface area contributed by atoms with Gasteiger partial charge in [0.25, 0.3) is 0 Å². The Balaban J connectivity index is 2.58. The van der Waals surface area contributed by atoms with Gasteiger partial charge in [-0.3, -0.25) is 0 Å². The van der Waals surface area contributed by atoms with Crippen LogP contribution in [-0.4, -0.2) is 17.0 Å². The summed E-state index contributed by atoms with van der Waals surface area (Å²) < 4.78 is 13.5. The van der Waals surface area contributed by atoms with Crippen LogP contribution in [0, 0.1) is 17.1 Å². The molecule has 86 valence electrons. The highest BCUT2D eigenvalue weighted by Crippen LogP contribution is 2.22. The van der Waals surface area contributed by atoms with Gasteiger partial charge in [-0.25, -0.2) is 4.39 Å². The number of hydrogen-bond donors (Lipinski definition) is 1. The maximum atomic E-state index is 13.5. The van der Waals surface area contributed by atoms with E-state index in [1.54, 1.807) is 23.9 Å². The van der Waals surface area contributed by atoms with E-state index < -0.39 is 0 Å². The predicted octanol–water partition coefficient (Wildman–Crippen LogP) is 2.70. The predicted molar refractivity (Wildman–Crippen MR) is 63.6 cm³/mol. The highest BCUT2D eigenvalue weighted by Gasteiger charge is 2.07. The topological polar surface area (TPSA) is 44.0 Å². The van der Waals surface area contributed by atoms with Crippen molar-refractivity contribution in [3.8, 4) is 6.07 Å². The molecular weight excluding hydrogens is 225 g/mol. The molecule has 1 unspecified atom stereocenters. The normalized spacial score (nSPS) is 12.1. The molecule has 1 aromatic carbocycles. The molecule has 0 aliphatic carbocycles. The van der Waals surface area contributed by atoms with Crippen molar-refractivity contribution >= 4 is 11.8 Å². The van der Waals surface area contributed by atoms with Gasteiger partial charge in [0, 0.05) is 17.6 Å². The average Bonchev–Trinajstić information content (AvgIpc) is 2.27. The molecule has 0 fully saturated rings. The number of nitrogens with zero attached hydrogens (tertiary/aromatic N) is 1. The first-order chi connectivity index (χ1) is 7.67. The van der Waals surface area contributed by atoms with Crippen molar-refractivity contribution in [2.24, 2.45) is 0 Å². The fourth-order valence-electron chi connectivity index (χ4n) is 1.23. The minimum atomic E-state index is -0.331. The Morgan fingerprint density at radius 1 is 1.56 bits per heavy atom. The van der Waals surface area contributed by atoms with Gasteiger partial charge in [-0.2, -0.15) is 17.0 Å². The number of thioether (sulfide) groups is 1. The molecule has 1 atom stereocenters. The fraction of sp³-hybridized carbons (Fsp3) is 0.417. The first-order valence-corrected chi connectivity index (χ1v) is 6.13. The van der Waals surface area contributed by atoms with Crippen molar-refractivity contribution in [2.45, 2.75) is 24.3 Å². The molecule has 1 rings (SSSR count). The molecule has 0 aromatic heterocycles. The van der Waals surface area contributed by atoms with E-state index in [2.05, 4.69) is 0 Å². The van der Waals surface area contributed by atoms with Gasteiger partial charge in [-0.1, -0.05) is 13.0 Å². The van der Waals surface area contributed by atoms with Crippen molar-refractivity contribution in [2.75, 3.05) is 6.61 Å². The molecule has 0 saturated heterocycles. The molecule has 0 spiro atoms. The zero-order valence-electron chi connectivity index (χ0n) is 9.11. The monoisotopic (exact) mass is 239 g/mol. The molecule has 4 heteroatoms. The maximum Gasteiger partial charge on any atom is 0.128 e. The first kappa shape index (κ1) is 13.0. The number of aliphatic hydroxyl groups excluding tert-OH is 1. The van der Waals surface area contributed by atoms with Gasteiger partial charge in [0.15, 0.2) is 0 Å². The van der Waals surface area contributed by atoms with Crippen molar-refractivity contribution in [3.63, 3.8) is 0 Å². The summed E-state index contributed by atoms with van der Waals surface area (Å²) in [7, 11) is 0. The van der Waals surface area contributed by atoms with Gasteiger partial charge >= 0.3 is 0 Å². The number of hydrogen-bond acceptors (Lipinski definition) is 3. The lowest BCUT2D eigenvalue weighted by molar-refractivity contribution is 0.289. The second-order valence-electron chi connectivity index (χ2n) is 3.55. The van der Waals surface area contributed by atoms with Gasteiger partial charge in [-0.05, 0) is 24.1 Å². The molecule has 1 N–H and O–H groups in total. The third-order valence-electron chi connectivity index (χ3n) is 2.24. The number of aliphatic hydroxyl groups is 1. The second kappa shape index (κ2) is 6.51. The third-order valence-corrected chi connectivity index (χ3v) is 3.52. The lowest BCUT2D eigenvalue weighted by Crippen LogP contribution is -2.00. The van der Waals surface area contributed by atoms with Crippen molar-refractivity contribution in [3.05, 3.63) is 35.1 Å².